The Morgan fingerprint density at radius 3 is 1.69 bits per heavy atom. The highest BCUT2D eigenvalue weighted by molar-refractivity contribution is 5.70. The van der Waals surface area contributed by atoms with Crippen molar-refractivity contribution >= 4 is 11.9 Å². The molecule has 0 fully saturated rings. The average molecular weight is 369 g/mol. The van der Waals surface area contributed by atoms with Gasteiger partial charge in [-0.1, -0.05) is 58.1 Å². The van der Waals surface area contributed by atoms with Gasteiger partial charge in [-0.2, -0.15) is 0 Å². The highest BCUT2D eigenvalue weighted by Crippen LogP contribution is 2.06. The van der Waals surface area contributed by atoms with Crippen molar-refractivity contribution in [2.24, 2.45) is 0 Å². The Morgan fingerprint density at radius 1 is 0.615 bits per heavy atom. The molecule has 0 saturated heterocycles. The van der Waals surface area contributed by atoms with Gasteiger partial charge in [0, 0.05) is 12.8 Å². The van der Waals surface area contributed by atoms with Crippen LogP contribution in [0, 0.1) is 0 Å². The molecule has 0 aromatic rings. The van der Waals surface area contributed by atoms with Crippen LogP contribution in [0.4, 0.5) is 0 Å². The van der Waals surface area contributed by atoms with Gasteiger partial charge in [-0.3, -0.25) is 9.59 Å². The van der Waals surface area contributed by atoms with E-state index in [1.807, 2.05) is 0 Å². The van der Waals surface area contributed by atoms with Crippen LogP contribution in [0.2, 0.25) is 0 Å². The number of carbonyl (C=O) groups is 2. The van der Waals surface area contributed by atoms with Crippen LogP contribution in [-0.2, 0) is 19.1 Å². The molecule has 0 spiro atoms. The molecule has 0 aliphatic rings. The molecular weight excluding hydrogens is 328 g/mol. The maximum atomic E-state index is 11.6. The van der Waals surface area contributed by atoms with Gasteiger partial charge in [0.15, 0.2) is 0 Å². The zero-order chi connectivity index (χ0) is 19.3. The molecule has 0 amide bonds. The third kappa shape index (κ3) is 19.0. The average Bonchev–Trinajstić information content (AvgIpc) is 2.63. The molecule has 152 valence electrons. The van der Waals surface area contributed by atoms with E-state index in [1.54, 1.807) is 0 Å². The van der Waals surface area contributed by atoms with Crippen LogP contribution in [0.25, 0.3) is 0 Å². The molecule has 0 bridgehead atoms. The SMILES string of the molecule is CCCCC/C=C/CCCOC(=O)CCCCC(=O)OCCCCCC. The summed E-state index contributed by atoms with van der Waals surface area (Å²) < 4.78 is 10.4. The molecule has 0 radical (unpaired) electrons. The Morgan fingerprint density at radius 2 is 1.12 bits per heavy atom. The van der Waals surface area contributed by atoms with E-state index in [0.29, 0.717) is 38.9 Å². The molecule has 0 unspecified atom stereocenters. The fraction of sp³-hybridized carbons (Fsp3) is 0.818. The molecule has 4 heteroatoms. The number of ether oxygens (including phenoxy) is 2. The van der Waals surface area contributed by atoms with E-state index in [9.17, 15) is 9.59 Å². The molecule has 0 aromatic heterocycles. The normalized spacial score (nSPS) is 11.0. The summed E-state index contributed by atoms with van der Waals surface area (Å²) >= 11 is 0. The largest absolute Gasteiger partial charge is 0.466 e. The summed E-state index contributed by atoms with van der Waals surface area (Å²) in [6, 6.07) is 0. The zero-order valence-electron chi connectivity index (χ0n) is 17.1. The van der Waals surface area contributed by atoms with Gasteiger partial charge in [-0.25, -0.2) is 0 Å². The van der Waals surface area contributed by atoms with E-state index in [2.05, 4.69) is 26.0 Å². The van der Waals surface area contributed by atoms with E-state index in [1.165, 1.54) is 32.1 Å². The minimum absolute atomic E-state index is 0.152. The van der Waals surface area contributed by atoms with E-state index >= 15 is 0 Å². The quantitative estimate of drug-likeness (QED) is 0.166. The number of unbranched alkanes of at least 4 members (excludes halogenated alkanes) is 8. The first-order valence-electron chi connectivity index (χ1n) is 10.7. The Labute approximate surface area is 160 Å². The first-order chi connectivity index (χ1) is 12.7. The van der Waals surface area contributed by atoms with Crippen molar-refractivity contribution < 1.29 is 19.1 Å². The minimum Gasteiger partial charge on any atom is -0.466 e. The van der Waals surface area contributed by atoms with Gasteiger partial charge in [-0.05, 0) is 44.9 Å². The van der Waals surface area contributed by atoms with Crippen molar-refractivity contribution in [2.75, 3.05) is 13.2 Å². The number of hydrogen-bond donors (Lipinski definition) is 0. The lowest BCUT2D eigenvalue weighted by atomic mass is 10.2. The maximum absolute atomic E-state index is 11.6. The molecule has 0 N–H and O–H groups in total. The molecule has 0 saturated carbocycles. The van der Waals surface area contributed by atoms with Crippen molar-refractivity contribution in [1.82, 2.24) is 0 Å². The number of esters is 2. The zero-order valence-corrected chi connectivity index (χ0v) is 17.1. The Hall–Kier alpha value is -1.32. The van der Waals surface area contributed by atoms with E-state index in [4.69, 9.17) is 9.47 Å². The Kier molecular flexibility index (Phi) is 19.0. The van der Waals surface area contributed by atoms with Crippen LogP contribution < -0.4 is 0 Å². The first-order valence-corrected chi connectivity index (χ1v) is 10.7. The summed E-state index contributed by atoms with van der Waals surface area (Å²) in [5.74, 6) is -0.314. The van der Waals surface area contributed by atoms with E-state index in [-0.39, 0.29) is 11.9 Å². The van der Waals surface area contributed by atoms with E-state index in [0.717, 1.165) is 32.1 Å². The van der Waals surface area contributed by atoms with Crippen LogP contribution in [0.5, 0.6) is 0 Å². The minimum atomic E-state index is -0.162. The van der Waals surface area contributed by atoms with Crippen molar-refractivity contribution in [3.05, 3.63) is 12.2 Å². The summed E-state index contributed by atoms with van der Waals surface area (Å²) in [6.07, 6.45) is 17.8. The Balaban J connectivity index is 3.37. The lowest BCUT2D eigenvalue weighted by Crippen LogP contribution is -2.08. The topological polar surface area (TPSA) is 52.6 Å². The van der Waals surface area contributed by atoms with Gasteiger partial charge >= 0.3 is 11.9 Å². The highest BCUT2D eigenvalue weighted by Gasteiger charge is 2.06. The summed E-state index contributed by atoms with van der Waals surface area (Å²) in [6.45, 7) is 5.37. The van der Waals surface area contributed by atoms with Crippen molar-refractivity contribution in [2.45, 2.75) is 104 Å². The number of rotatable bonds is 18. The van der Waals surface area contributed by atoms with Gasteiger partial charge in [0.2, 0.25) is 0 Å². The molecule has 0 rings (SSSR count). The summed E-state index contributed by atoms with van der Waals surface area (Å²) in [5.41, 5.74) is 0. The summed E-state index contributed by atoms with van der Waals surface area (Å²) in [5, 5.41) is 0. The molecule has 0 atom stereocenters. The third-order valence-corrected chi connectivity index (χ3v) is 4.19. The second-order valence-electron chi connectivity index (χ2n) is 6.82. The fourth-order valence-corrected chi connectivity index (χ4v) is 2.53. The third-order valence-electron chi connectivity index (χ3n) is 4.19. The van der Waals surface area contributed by atoms with Crippen molar-refractivity contribution in [1.29, 1.82) is 0 Å². The Bertz CT molecular complexity index is 363. The summed E-state index contributed by atoms with van der Waals surface area (Å²) in [7, 11) is 0. The van der Waals surface area contributed by atoms with Gasteiger partial charge in [-0.15, -0.1) is 0 Å². The molecule has 0 aliphatic heterocycles. The smallest absolute Gasteiger partial charge is 0.305 e. The fourth-order valence-electron chi connectivity index (χ4n) is 2.53. The highest BCUT2D eigenvalue weighted by atomic mass is 16.5. The van der Waals surface area contributed by atoms with Crippen molar-refractivity contribution in [3.63, 3.8) is 0 Å². The second kappa shape index (κ2) is 20.0. The molecular formula is C22H40O4. The first kappa shape index (κ1) is 24.7. The van der Waals surface area contributed by atoms with Gasteiger partial charge in [0.25, 0.3) is 0 Å². The molecule has 0 aliphatic carbocycles. The number of hydrogen-bond acceptors (Lipinski definition) is 4. The predicted molar refractivity (Wildman–Crippen MR) is 107 cm³/mol. The summed E-state index contributed by atoms with van der Waals surface area (Å²) in [4.78, 5) is 23.1. The molecule has 0 aromatic carbocycles. The van der Waals surface area contributed by atoms with Gasteiger partial charge in [0.05, 0.1) is 13.2 Å². The lowest BCUT2D eigenvalue weighted by Gasteiger charge is -2.05. The lowest BCUT2D eigenvalue weighted by molar-refractivity contribution is -0.146. The predicted octanol–water partition coefficient (Wildman–Crippen LogP) is 6.13. The second-order valence-corrected chi connectivity index (χ2v) is 6.82. The number of allylic oxidation sites excluding steroid dienone is 2. The van der Waals surface area contributed by atoms with Gasteiger partial charge in [0.1, 0.15) is 0 Å². The van der Waals surface area contributed by atoms with E-state index < -0.39 is 0 Å². The van der Waals surface area contributed by atoms with Crippen LogP contribution in [0.3, 0.4) is 0 Å². The molecule has 0 heterocycles. The molecule has 4 nitrogen and oxygen atoms in total. The van der Waals surface area contributed by atoms with Crippen LogP contribution in [0.15, 0.2) is 12.2 Å². The monoisotopic (exact) mass is 368 g/mol. The van der Waals surface area contributed by atoms with Crippen LogP contribution in [0.1, 0.15) is 104 Å². The molecule has 26 heavy (non-hydrogen) atoms. The maximum Gasteiger partial charge on any atom is 0.305 e. The van der Waals surface area contributed by atoms with Crippen LogP contribution in [-0.4, -0.2) is 25.2 Å². The van der Waals surface area contributed by atoms with Gasteiger partial charge < -0.3 is 9.47 Å². The van der Waals surface area contributed by atoms with Crippen LogP contribution >= 0.6 is 0 Å². The van der Waals surface area contributed by atoms with Crippen molar-refractivity contribution in [3.8, 4) is 0 Å². The number of carbonyl (C=O) groups excluding carboxylic acids is 2. The standard InChI is InChI=1S/C22H40O4/c1-3-5-7-9-10-11-12-16-20-26-22(24)18-14-13-17-21(23)25-19-15-8-6-4-2/h10-11H,3-9,12-20H2,1-2H3/b11-10+.